The molecule has 1 fully saturated rings. The molecule has 0 unspecified atom stereocenters. The van der Waals surface area contributed by atoms with Gasteiger partial charge in [-0.15, -0.1) is 0 Å². The maximum atomic E-state index is 13.1. The summed E-state index contributed by atoms with van der Waals surface area (Å²) in [6, 6.07) is 15.0. The van der Waals surface area contributed by atoms with Gasteiger partial charge in [-0.1, -0.05) is 11.6 Å². The second-order valence-corrected chi connectivity index (χ2v) is 9.76. The van der Waals surface area contributed by atoms with Crippen LogP contribution in [0.1, 0.15) is 10.6 Å². The summed E-state index contributed by atoms with van der Waals surface area (Å²) in [5.41, 5.74) is 0.810. The summed E-state index contributed by atoms with van der Waals surface area (Å²) in [5.74, 6) is 1.27. The lowest BCUT2D eigenvalue weighted by Gasteiger charge is -2.33. The number of furan rings is 1. The first-order chi connectivity index (χ1) is 15.8. The van der Waals surface area contributed by atoms with Gasteiger partial charge in [0.25, 0.3) is 5.91 Å². The first-order valence-electron chi connectivity index (χ1n) is 10.2. The Bertz CT molecular complexity index is 1250. The topological polar surface area (TPSA) is 89.3 Å². The van der Waals surface area contributed by atoms with Crippen LogP contribution in [0.3, 0.4) is 0 Å². The van der Waals surface area contributed by atoms with Crippen LogP contribution in [0.25, 0.3) is 11.3 Å². The van der Waals surface area contributed by atoms with Crippen LogP contribution in [-0.2, 0) is 10.0 Å². The van der Waals surface area contributed by atoms with Gasteiger partial charge in [0, 0.05) is 42.8 Å². The van der Waals surface area contributed by atoms with Crippen molar-refractivity contribution in [2.45, 2.75) is 4.90 Å². The smallest absolute Gasteiger partial charge is 0.289 e. The van der Waals surface area contributed by atoms with Crippen LogP contribution in [0, 0.1) is 0 Å². The zero-order valence-corrected chi connectivity index (χ0v) is 19.7. The Morgan fingerprint density at radius 1 is 0.909 bits per heavy atom. The molecule has 2 aromatic carbocycles. The summed E-state index contributed by atoms with van der Waals surface area (Å²) in [6.07, 6.45) is 0. The number of carbonyl (C=O) groups is 1. The Balaban J connectivity index is 1.43. The van der Waals surface area contributed by atoms with Crippen molar-refractivity contribution in [1.82, 2.24) is 9.21 Å². The number of nitrogens with zero attached hydrogens (tertiary/aromatic N) is 2. The van der Waals surface area contributed by atoms with E-state index in [0.717, 1.165) is 5.56 Å². The number of halogens is 1. The van der Waals surface area contributed by atoms with E-state index >= 15 is 0 Å². The molecule has 1 aromatic heterocycles. The average molecular weight is 491 g/mol. The van der Waals surface area contributed by atoms with Crippen LogP contribution in [0.4, 0.5) is 0 Å². The molecule has 1 amide bonds. The number of carbonyl (C=O) groups excluding carboxylic acids is 1. The fraction of sp³-hybridized carbons (Fsp3) is 0.261. The van der Waals surface area contributed by atoms with Gasteiger partial charge in [0.1, 0.15) is 5.76 Å². The van der Waals surface area contributed by atoms with E-state index in [1.807, 2.05) is 12.1 Å². The van der Waals surface area contributed by atoms with Gasteiger partial charge >= 0.3 is 0 Å². The highest BCUT2D eigenvalue weighted by Gasteiger charge is 2.32. The fourth-order valence-corrected chi connectivity index (χ4v) is 5.20. The van der Waals surface area contributed by atoms with Gasteiger partial charge in [-0.05, 0) is 48.5 Å². The minimum atomic E-state index is -3.74. The van der Waals surface area contributed by atoms with E-state index in [1.54, 1.807) is 35.2 Å². The summed E-state index contributed by atoms with van der Waals surface area (Å²) in [4.78, 5) is 14.6. The van der Waals surface area contributed by atoms with Crippen molar-refractivity contribution in [3.63, 3.8) is 0 Å². The second-order valence-electron chi connectivity index (χ2n) is 7.38. The molecule has 0 bridgehead atoms. The molecule has 10 heteroatoms. The lowest BCUT2D eigenvalue weighted by atomic mass is 10.2. The molecule has 0 atom stereocenters. The molecule has 8 nitrogen and oxygen atoms in total. The monoisotopic (exact) mass is 490 g/mol. The van der Waals surface area contributed by atoms with Crippen LogP contribution in [0.2, 0.25) is 5.02 Å². The predicted molar refractivity (Wildman–Crippen MR) is 123 cm³/mol. The quantitative estimate of drug-likeness (QED) is 0.522. The Morgan fingerprint density at radius 2 is 1.58 bits per heavy atom. The van der Waals surface area contributed by atoms with Crippen molar-refractivity contribution < 1.29 is 27.1 Å². The first kappa shape index (κ1) is 23.2. The van der Waals surface area contributed by atoms with E-state index in [9.17, 15) is 13.2 Å². The second kappa shape index (κ2) is 9.46. The van der Waals surface area contributed by atoms with Gasteiger partial charge in [-0.2, -0.15) is 4.31 Å². The van der Waals surface area contributed by atoms with Crippen molar-refractivity contribution in [3.05, 3.63) is 65.4 Å². The van der Waals surface area contributed by atoms with Gasteiger partial charge in [0.15, 0.2) is 17.3 Å². The zero-order chi connectivity index (χ0) is 23.6. The van der Waals surface area contributed by atoms with Crippen molar-refractivity contribution >= 4 is 27.5 Å². The highest BCUT2D eigenvalue weighted by atomic mass is 35.5. The minimum absolute atomic E-state index is 0.110. The van der Waals surface area contributed by atoms with Gasteiger partial charge in [-0.3, -0.25) is 4.79 Å². The van der Waals surface area contributed by atoms with Crippen LogP contribution >= 0.6 is 11.6 Å². The number of methoxy groups -OCH3 is 2. The van der Waals surface area contributed by atoms with E-state index in [2.05, 4.69) is 0 Å². The third kappa shape index (κ3) is 4.71. The van der Waals surface area contributed by atoms with Gasteiger partial charge in [-0.25, -0.2) is 8.42 Å². The Kier molecular flexibility index (Phi) is 6.64. The number of amides is 1. The Labute approximate surface area is 197 Å². The lowest BCUT2D eigenvalue weighted by Crippen LogP contribution is -2.50. The third-order valence-electron chi connectivity index (χ3n) is 5.46. The first-order valence-corrected chi connectivity index (χ1v) is 12.0. The highest BCUT2D eigenvalue weighted by Crippen LogP contribution is 2.31. The molecule has 0 N–H and O–H groups in total. The molecule has 1 aliphatic heterocycles. The number of sulfonamides is 1. The van der Waals surface area contributed by atoms with E-state index < -0.39 is 10.0 Å². The average Bonchev–Trinajstić information content (AvgIpc) is 3.34. The Morgan fingerprint density at radius 3 is 2.21 bits per heavy atom. The maximum Gasteiger partial charge on any atom is 0.289 e. The summed E-state index contributed by atoms with van der Waals surface area (Å²) in [6.45, 7) is 0.852. The molecule has 3 aromatic rings. The zero-order valence-electron chi connectivity index (χ0n) is 18.2. The number of hydrogen-bond donors (Lipinski definition) is 0. The van der Waals surface area contributed by atoms with Crippen LogP contribution < -0.4 is 9.47 Å². The van der Waals surface area contributed by atoms with Crippen molar-refractivity contribution in [2.75, 3.05) is 40.4 Å². The van der Waals surface area contributed by atoms with Crippen LogP contribution in [0.15, 0.2) is 63.9 Å². The minimum Gasteiger partial charge on any atom is -0.493 e. The van der Waals surface area contributed by atoms with Crippen LogP contribution in [-0.4, -0.2) is 63.9 Å². The largest absolute Gasteiger partial charge is 0.493 e. The molecule has 0 aliphatic carbocycles. The highest BCUT2D eigenvalue weighted by molar-refractivity contribution is 7.89. The number of ether oxygens (including phenoxy) is 2. The molecule has 4 rings (SSSR count). The number of benzene rings is 2. The number of piperazine rings is 1. The standard InChI is InChI=1S/C23H23ClN2O6S/c1-30-20-8-7-18(15-22(20)31-2)33(28,29)26-13-11-25(12-14-26)23(27)21-10-9-19(32-21)16-3-5-17(24)6-4-16/h3-10,15H,11-14H2,1-2H3. The molecule has 1 aliphatic rings. The molecule has 0 spiro atoms. The molecule has 33 heavy (non-hydrogen) atoms. The van der Waals surface area contributed by atoms with Crippen molar-refractivity contribution in [2.24, 2.45) is 0 Å². The van der Waals surface area contributed by atoms with Gasteiger partial charge in [0.05, 0.1) is 19.1 Å². The van der Waals surface area contributed by atoms with E-state index in [1.165, 1.54) is 30.7 Å². The van der Waals surface area contributed by atoms with Gasteiger partial charge in [0.2, 0.25) is 10.0 Å². The summed E-state index contributed by atoms with van der Waals surface area (Å²) >= 11 is 5.92. The van der Waals surface area contributed by atoms with E-state index in [4.69, 9.17) is 25.5 Å². The normalized spacial score (nSPS) is 14.8. The molecule has 0 saturated carbocycles. The van der Waals surface area contributed by atoms with E-state index in [-0.39, 0.29) is 42.7 Å². The molecule has 174 valence electrons. The number of hydrogen-bond acceptors (Lipinski definition) is 6. The summed E-state index contributed by atoms with van der Waals surface area (Å²) in [5, 5.41) is 0.613. The van der Waals surface area contributed by atoms with Crippen molar-refractivity contribution in [3.8, 4) is 22.8 Å². The maximum absolute atomic E-state index is 13.1. The molecule has 2 heterocycles. The summed E-state index contributed by atoms with van der Waals surface area (Å²) < 4.78 is 43.7. The van der Waals surface area contributed by atoms with Crippen LogP contribution in [0.5, 0.6) is 11.5 Å². The Hall–Kier alpha value is -3.01. The van der Waals surface area contributed by atoms with Crippen molar-refractivity contribution in [1.29, 1.82) is 0 Å². The van der Waals surface area contributed by atoms with Gasteiger partial charge < -0.3 is 18.8 Å². The summed E-state index contributed by atoms with van der Waals surface area (Å²) in [7, 11) is -0.807. The molecule has 1 saturated heterocycles. The van der Waals surface area contributed by atoms with E-state index in [0.29, 0.717) is 22.3 Å². The SMILES string of the molecule is COc1ccc(S(=O)(=O)N2CCN(C(=O)c3ccc(-c4ccc(Cl)cc4)o3)CC2)cc1OC. The molecular weight excluding hydrogens is 468 g/mol. The third-order valence-corrected chi connectivity index (χ3v) is 7.61. The molecule has 0 radical (unpaired) electrons. The predicted octanol–water partition coefficient (Wildman–Crippen LogP) is 3.76. The lowest BCUT2D eigenvalue weighted by molar-refractivity contribution is 0.0667. The molecular formula is C23H23ClN2O6S. The number of rotatable bonds is 6. The fourth-order valence-electron chi connectivity index (χ4n) is 3.64.